The van der Waals surface area contributed by atoms with E-state index in [1.807, 2.05) is 0 Å². The third kappa shape index (κ3) is 6.24. The monoisotopic (exact) mass is 423 g/mol. The fourth-order valence-corrected chi connectivity index (χ4v) is 3.11. The number of para-hydroxylation sites is 1. The lowest BCUT2D eigenvalue weighted by Crippen LogP contribution is -2.28. The van der Waals surface area contributed by atoms with Crippen molar-refractivity contribution in [2.45, 2.75) is 11.3 Å². The van der Waals surface area contributed by atoms with Crippen molar-refractivity contribution < 1.29 is 18.8 Å². The van der Waals surface area contributed by atoms with Gasteiger partial charge >= 0.3 is 0 Å². The minimum Gasteiger partial charge on any atom is -0.351 e. The smallest absolute Gasteiger partial charge is 0.286 e. The van der Waals surface area contributed by atoms with Gasteiger partial charge in [-0.2, -0.15) is 0 Å². The number of anilines is 1. The zero-order valence-corrected chi connectivity index (χ0v) is 16.9. The lowest BCUT2D eigenvalue weighted by Gasteiger charge is -2.13. The predicted molar refractivity (Wildman–Crippen MR) is 108 cm³/mol. The first-order valence-corrected chi connectivity index (χ1v) is 9.48. The Kier molecular flexibility index (Phi) is 7.83. The Morgan fingerprint density at radius 1 is 1.14 bits per heavy atom. The van der Waals surface area contributed by atoms with Gasteiger partial charge in [-0.05, 0) is 42.1 Å². The summed E-state index contributed by atoms with van der Waals surface area (Å²) < 4.78 is 13.0. The second kappa shape index (κ2) is 10.1. The van der Waals surface area contributed by atoms with E-state index in [0.717, 1.165) is 23.9 Å². The van der Waals surface area contributed by atoms with Crippen molar-refractivity contribution in [2.24, 2.45) is 0 Å². The van der Waals surface area contributed by atoms with Crippen molar-refractivity contribution in [1.82, 2.24) is 10.2 Å². The molecule has 0 unspecified atom stereocenters. The molecule has 0 bridgehead atoms. The van der Waals surface area contributed by atoms with E-state index in [9.17, 15) is 18.8 Å². The molecule has 0 aromatic heterocycles. The van der Waals surface area contributed by atoms with E-state index < -0.39 is 11.7 Å². The summed E-state index contributed by atoms with van der Waals surface area (Å²) >= 11 is 6.85. The molecule has 0 aliphatic heterocycles. The fourth-order valence-electron chi connectivity index (χ4n) is 2.12. The summed E-state index contributed by atoms with van der Waals surface area (Å²) in [5, 5.41) is 5.13. The molecule has 0 saturated carbocycles. The van der Waals surface area contributed by atoms with Gasteiger partial charge in [0.25, 0.3) is 11.1 Å². The summed E-state index contributed by atoms with van der Waals surface area (Å²) in [4.78, 5) is 38.2. The molecule has 6 nitrogen and oxygen atoms in total. The van der Waals surface area contributed by atoms with E-state index >= 15 is 0 Å². The summed E-state index contributed by atoms with van der Waals surface area (Å²) in [7, 11) is 3.29. The van der Waals surface area contributed by atoms with Crippen LogP contribution in [0.5, 0.6) is 0 Å². The van der Waals surface area contributed by atoms with Gasteiger partial charge in [0.05, 0.1) is 16.3 Å². The highest BCUT2D eigenvalue weighted by molar-refractivity contribution is 8.13. The number of thioether (sulfide) groups is 1. The largest absolute Gasteiger partial charge is 0.351 e. The van der Waals surface area contributed by atoms with E-state index in [1.54, 1.807) is 38.4 Å². The maximum Gasteiger partial charge on any atom is 0.286 e. The highest BCUT2D eigenvalue weighted by Gasteiger charge is 2.14. The van der Waals surface area contributed by atoms with Crippen LogP contribution in [-0.4, -0.2) is 42.6 Å². The molecule has 0 fully saturated rings. The molecule has 0 radical (unpaired) electrons. The van der Waals surface area contributed by atoms with Gasteiger partial charge in [0.2, 0.25) is 5.91 Å². The predicted octanol–water partition coefficient (Wildman–Crippen LogP) is 4.01. The lowest BCUT2D eigenvalue weighted by atomic mass is 10.2. The third-order valence-electron chi connectivity index (χ3n) is 3.54. The van der Waals surface area contributed by atoms with Crippen LogP contribution in [0.4, 0.5) is 14.9 Å². The molecule has 2 aromatic carbocycles. The molecule has 0 heterocycles. The van der Waals surface area contributed by atoms with Crippen LogP contribution in [0.3, 0.4) is 0 Å². The van der Waals surface area contributed by atoms with Crippen molar-refractivity contribution in [1.29, 1.82) is 0 Å². The Labute approximate surface area is 171 Å². The maximum absolute atomic E-state index is 13.0. The standard InChI is InChI=1S/C19H19ClFN3O3S/c1-24(2)19(27)28-16-6-4-3-5-15(16)23-17(25)9-10-22-18(26)13-8-7-12(21)11-14(13)20/h3-8,11H,9-10H2,1-2H3,(H,22,26)(H,23,25). The number of hydrogen-bond donors (Lipinski definition) is 2. The number of rotatable bonds is 6. The average Bonchev–Trinajstić information content (AvgIpc) is 2.63. The van der Waals surface area contributed by atoms with Crippen molar-refractivity contribution >= 4 is 46.1 Å². The Morgan fingerprint density at radius 3 is 2.54 bits per heavy atom. The first-order chi connectivity index (χ1) is 13.3. The van der Waals surface area contributed by atoms with Gasteiger partial charge in [0.1, 0.15) is 5.82 Å². The first kappa shape index (κ1) is 21.7. The second-order valence-electron chi connectivity index (χ2n) is 5.94. The number of carbonyl (C=O) groups is 3. The van der Waals surface area contributed by atoms with Crippen molar-refractivity contribution in [3.63, 3.8) is 0 Å². The van der Waals surface area contributed by atoms with Crippen molar-refractivity contribution in [2.75, 3.05) is 26.0 Å². The van der Waals surface area contributed by atoms with Gasteiger partial charge in [-0.3, -0.25) is 14.4 Å². The zero-order chi connectivity index (χ0) is 20.7. The normalized spacial score (nSPS) is 10.3. The highest BCUT2D eigenvalue weighted by Crippen LogP contribution is 2.28. The van der Waals surface area contributed by atoms with Crippen molar-refractivity contribution in [3.8, 4) is 0 Å². The number of benzene rings is 2. The number of halogens is 2. The van der Waals surface area contributed by atoms with Gasteiger partial charge in [-0.15, -0.1) is 0 Å². The summed E-state index contributed by atoms with van der Waals surface area (Å²) in [6.07, 6.45) is 0.0190. The zero-order valence-electron chi connectivity index (χ0n) is 15.3. The summed E-state index contributed by atoms with van der Waals surface area (Å²) in [6, 6.07) is 10.4. The van der Waals surface area contributed by atoms with E-state index in [0.29, 0.717) is 10.6 Å². The molecule has 3 amide bonds. The highest BCUT2D eigenvalue weighted by atomic mass is 35.5. The Balaban J connectivity index is 1.89. The quantitative estimate of drug-likeness (QED) is 0.688. The van der Waals surface area contributed by atoms with Gasteiger partial charge in [0, 0.05) is 32.0 Å². The Hall–Kier alpha value is -2.58. The molecule has 0 aliphatic carbocycles. The van der Waals surface area contributed by atoms with Gasteiger partial charge in [0.15, 0.2) is 0 Å². The molecule has 0 aliphatic rings. The number of amides is 3. The molecule has 0 spiro atoms. The van der Waals surface area contributed by atoms with E-state index in [1.165, 1.54) is 11.0 Å². The first-order valence-electron chi connectivity index (χ1n) is 8.29. The number of nitrogens with zero attached hydrogens (tertiary/aromatic N) is 1. The van der Waals surface area contributed by atoms with Crippen molar-refractivity contribution in [3.05, 3.63) is 58.9 Å². The topological polar surface area (TPSA) is 78.5 Å². The summed E-state index contributed by atoms with van der Waals surface area (Å²) in [5.41, 5.74) is 0.646. The van der Waals surface area contributed by atoms with E-state index in [2.05, 4.69) is 10.6 Å². The van der Waals surface area contributed by atoms with Crippen LogP contribution in [0.15, 0.2) is 47.4 Å². The second-order valence-corrected chi connectivity index (χ2v) is 7.34. The molecule has 0 saturated heterocycles. The van der Waals surface area contributed by atoms with E-state index in [-0.39, 0.29) is 34.7 Å². The minimum absolute atomic E-state index is 0.00142. The van der Waals surface area contributed by atoms with Gasteiger partial charge in [-0.1, -0.05) is 23.7 Å². The van der Waals surface area contributed by atoms with Crippen LogP contribution >= 0.6 is 23.4 Å². The Morgan fingerprint density at radius 2 is 1.86 bits per heavy atom. The number of hydrogen-bond acceptors (Lipinski definition) is 4. The van der Waals surface area contributed by atoms with Crippen LogP contribution < -0.4 is 10.6 Å². The fraction of sp³-hybridized carbons (Fsp3) is 0.211. The molecule has 9 heteroatoms. The van der Waals surface area contributed by atoms with Crippen LogP contribution in [0.25, 0.3) is 0 Å². The van der Waals surface area contributed by atoms with E-state index in [4.69, 9.17) is 11.6 Å². The van der Waals surface area contributed by atoms with Crippen LogP contribution in [0.1, 0.15) is 16.8 Å². The molecular weight excluding hydrogens is 405 g/mol. The minimum atomic E-state index is -0.537. The van der Waals surface area contributed by atoms with Crippen LogP contribution in [0, 0.1) is 5.82 Å². The average molecular weight is 424 g/mol. The molecule has 0 atom stereocenters. The molecule has 2 N–H and O–H groups in total. The Bertz CT molecular complexity index is 892. The molecule has 148 valence electrons. The maximum atomic E-state index is 13.0. The molecule has 2 rings (SSSR count). The molecular formula is C19H19ClFN3O3S. The third-order valence-corrected chi connectivity index (χ3v) is 4.97. The molecule has 28 heavy (non-hydrogen) atoms. The summed E-state index contributed by atoms with van der Waals surface area (Å²) in [6.45, 7) is 0.0737. The summed E-state index contributed by atoms with van der Waals surface area (Å²) in [5.74, 6) is -1.36. The molecule has 2 aromatic rings. The van der Waals surface area contributed by atoms with Gasteiger partial charge < -0.3 is 15.5 Å². The van der Waals surface area contributed by atoms with Crippen LogP contribution in [-0.2, 0) is 4.79 Å². The van der Waals surface area contributed by atoms with Crippen LogP contribution in [0.2, 0.25) is 5.02 Å². The lowest BCUT2D eigenvalue weighted by molar-refractivity contribution is -0.116. The number of carbonyl (C=O) groups excluding carboxylic acids is 3. The van der Waals surface area contributed by atoms with Gasteiger partial charge in [-0.25, -0.2) is 4.39 Å². The number of nitrogens with one attached hydrogen (secondary N) is 2. The SMILES string of the molecule is CN(C)C(=O)Sc1ccccc1NC(=O)CCNC(=O)c1ccc(F)cc1Cl.